The minimum absolute atomic E-state index is 0.154. The first-order valence-electron chi connectivity index (χ1n) is 7.95. The number of aliphatic carboxylic acids is 1. The Hall–Kier alpha value is -2.47. The molecule has 0 aliphatic carbocycles. The van der Waals surface area contributed by atoms with Crippen LogP contribution >= 0.6 is 11.6 Å². The smallest absolute Gasteiger partial charge is 0.311 e. The van der Waals surface area contributed by atoms with Crippen LogP contribution in [0.2, 0.25) is 5.02 Å². The van der Waals surface area contributed by atoms with E-state index in [1.165, 1.54) is 6.26 Å². The summed E-state index contributed by atoms with van der Waals surface area (Å²) in [5.74, 6) is -0.488. The van der Waals surface area contributed by atoms with Crippen LogP contribution in [0.5, 0.6) is 5.75 Å². The van der Waals surface area contributed by atoms with Crippen molar-refractivity contribution in [2.24, 2.45) is 0 Å². The molecule has 3 rings (SSSR count). The van der Waals surface area contributed by atoms with Crippen LogP contribution in [0.15, 0.2) is 34.9 Å². The molecule has 7 heteroatoms. The van der Waals surface area contributed by atoms with E-state index in [-0.39, 0.29) is 24.2 Å². The first-order chi connectivity index (χ1) is 12.0. The third-order valence-corrected chi connectivity index (χ3v) is 4.45. The summed E-state index contributed by atoms with van der Waals surface area (Å²) >= 11 is 6.10. The van der Waals surface area contributed by atoms with E-state index in [4.69, 9.17) is 25.9 Å². The molecule has 2 aromatic rings. The number of benzene rings is 1. The molecular weight excluding hydrogens is 346 g/mol. The number of carboxylic acids is 1. The number of nitrogens with zero attached hydrogens (tertiary/aromatic N) is 1. The maximum absolute atomic E-state index is 12.8. The van der Waals surface area contributed by atoms with Crippen molar-refractivity contribution in [3.8, 4) is 5.75 Å². The minimum Gasteiger partial charge on any atom is -0.487 e. The monoisotopic (exact) mass is 363 g/mol. The van der Waals surface area contributed by atoms with Gasteiger partial charge in [-0.3, -0.25) is 9.59 Å². The van der Waals surface area contributed by atoms with Gasteiger partial charge in [0.05, 0.1) is 23.4 Å². The van der Waals surface area contributed by atoms with Crippen molar-refractivity contribution in [1.82, 2.24) is 4.90 Å². The van der Waals surface area contributed by atoms with Crippen LogP contribution in [0.25, 0.3) is 0 Å². The van der Waals surface area contributed by atoms with Crippen LogP contribution < -0.4 is 4.74 Å². The molecule has 0 bridgehead atoms. The molecular formula is C18H18ClNO5. The van der Waals surface area contributed by atoms with Crippen molar-refractivity contribution in [3.63, 3.8) is 0 Å². The maximum Gasteiger partial charge on any atom is 0.311 e. The average molecular weight is 364 g/mol. The molecule has 2 heterocycles. The molecule has 0 spiro atoms. The number of para-hydroxylation sites is 1. The van der Waals surface area contributed by atoms with Crippen molar-refractivity contribution >= 4 is 23.5 Å². The summed E-state index contributed by atoms with van der Waals surface area (Å²) in [5, 5.41) is 9.49. The van der Waals surface area contributed by atoms with Gasteiger partial charge < -0.3 is 19.2 Å². The van der Waals surface area contributed by atoms with E-state index in [9.17, 15) is 9.59 Å². The standard InChI is InChI=1S/C18H18ClNO5/c1-11-10-24-15(8-16(21)22)17(11)18(23)20-7-6-12(9-20)25-14-5-3-2-4-13(14)19/h2-5,10,12H,6-9H2,1H3,(H,21,22). The van der Waals surface area contributed by atoms with E-state index >= 15 is 0 Å². The second kappa shape index (κ2) is 7.19. The lowest BCUT2D eigenvalue weighted by Crippen LogP contribution is -2.31. The number of amides is 1. The third kappa shape index (κ3) is 3.79. The third-order valence-electron chi connectivity index (χ3n) is 4.14. The second-order valence-electron chi connectivity index (χ2n) is 6.00. The van der Waals surface area contributed by atoms with E-state index in [1.807, 2.05) is 12.1 Å². The van der Waals surface area contributed by atoms with Crippen LogP contribution in [0.4, 0.5) is 0 Å². The normalized spacial score (nSPS) is 16.9. The molecule has 1 saturated heterocycles. The molecule has 1 amide bonds. The van der Waals surface area contributed by atoms with E-state index in [0.717, 1.165) is 0 Å². The van der Waals surface area contributed by atoms with Crippen LogP contribution in [-0.2, 0) is 11.2 Å². The van der Waals surface area contributed by atoms with Gasteiger partial charge in [-0.05, 0) is 19.1 Å². The van der Waals surface area contributed by atoms with Gasteiger partial charge in [-0.1, -0.05) is 23.7 Å². The Balaban J connectivity index is 1.70. The number of furan rings is 1. The number of rotatable bonds is 5. The zero-order chi connectivity index (χ0) is 18.0. The number of aryl methyl sites for hydroxylation is 1. The fourth-order valence-electron chi connectivity index (χ4n) is 2.94. The summed E-state index contributed by atoms with van der Waals surface area (Å²) in [6.07, 6.45) is 1.63. The van der Waals surface area contributed by atoms with Gasteiger partial charge >= 0.3 is 5.97 Å². The van der Waals surface area contributed by atoms with Crippen LogP contribution in [-0.4, -0.2) is 41.1 Å². The van der Waals surface area contributed by atoms with Gasteiger partial charge in [-0.25, -0.2) is 0 Å². The van der Waals surface area contributed by atoms with Gasteiger partial charge in [0.2, 0.25) is 0 Å². The summed E-state index contributed by atoms with van der Waals surface area (Å²) in [4.78, 5) is 25.4. The van der Waals surface area contributed by atoms with Crippen LogP contribution in [0.3, 0.4) is 0 Å². The second-order valence-corrected chi connectivity index (χ2v) is 6.40. The Kier molecular flexibility index (Phi) is 4.99. The first-order valence-corrected chi connectivity index (χ1v) is 8.32. The molecule has 1 unspecified atom stereocenters. The summed E-state index contributed by atoms with van der Waals surface area (Å²) < 4.78 is 11.1. The average Bonchev–Trinajstić information content (AvgIpc) is 3.16. The zero-order valence-electron chi connectivity index (χ0n) is 13.7. The first kappa shape index (κ1) is 17.4. The van der Waals surface area contributed by atoms with Crippen LogP contribution in [0, 0.1) is 6.92 Å². The number of carbonyl (C=O) groups is 2. The van der Waals surface area contributed by atoms with Crippen LogP contribution in [0.1, 0.15) is 28.1 Å². The lowest BCUT2D eigenvalue weighted by molar-refractivity contribution is -0.136. The van der Waals surface area contributed by atoms with E-state index in [2.05, 4.69) is 0 Å². The highest BCUT2D eigenvalue weighted by molar-refractivity contribution is 6.32. The quantitative estimate of drug-likeness (QED) is 0.882. The lowest BCUT2D eigenvalue weighted by Gasteiger charge is -2.18. The van der Waals surface area contributed by atoms with Crippen molar-refractivity contribution < 1.29 is 23.8 Å². The molecule has 1 aliphatic heterocycles. The molecule has 25 heavy (non-hydrogen) atoms. The Morgan fingerprint density at radius 3 is 2.88 bits per heavy atom. The number of carbonyl (C=O) groups excluding carboxylic acids is 1. The Morgan fingerprint density at radius 1 is 1.40 bits per heavy atom. The molecule has 1 atom stereocenters. The zero-order valence-corrected chi connectivity index (χ0v) is 14.5. The molecule has 1 aromatic heterocycles. The van der Waals surface area contributed by atoms with E-state index < -0.39 is 5.97 Å². The highest BCUT2D eigenvalue weighted by Crippen LogP contribution is 2.28. The Morgan fingerprint density at radius 2 is 2.16 bits per heavy atom. The number of hydrogen-bond acceptors (Lipinski definition) is 4. The molecule has 0 radical (unpaired) electrons. The summed E-state index contributed by atoms with van der Waals surface area (Å²) in [7, 11) is 0. The van der Waals surface area contributed by atoms with Gasteiger partial charge in [-0.15, -0.1) is 0 Å². The number of likely N-dealkylation sites (tertiary alicyclic amines) is 1. The summed E-state index contributed by atoms with van der Waals surface area (Å²) in [6, 6.07) is 7.21. The molecule has 1 aromatic carbocycles. The van der Waals surface area contributed by atoms with Crippen molar-refractivity contribution in [3.05, 3.63) is 52.4 Å². The topological polar surface area (TPSA) is 80.0 Å². The maximum atomic E-state index is 12.8. The highest BCUT2D eigenvalue weighted by Gasteiger charge is 2.32. The number of ether oxygens (including phenoxy) is 1. The minimum atomic E-state index is -1.04. The van der Waals surface area contributed by atoms with Gasteiger partial charge in [-0.2, -0.15) is 0 Å². The van der Waals surface area contributed by atoms with Gasteiger partial charge in [0.15, 0.2) is 0 Å². The number of halogens is 1. The predicted molar refractivity (Wildman–Crippen MR) is 91.2 cm³/mol. The van der Waals surface area contributed by atoms with E-state index in [0.29, 0.717) is 41.4 Å². The number of carboxylic acid groups (broad SMARTS) is 1. The predicted octanol–water partition coefficient (Wildman–Crippen LogP) is 3.16. The van der Waals surface area contributed by atoms with E-state index in [1.54, 1.807) is 24.0 Å². The van der Waals surface area contributed by atoms with Crippen molar-refractivity contribution in [1.29, 1.82) is 0 Å². The summed E-state index contributed by atoms with van der Waals surface area (Å²) in [6.45, 7) is 2.68. The molecule has 132 valence electrons. The Labute approximate surface area is 149 Å². The fraction of sp³-hybridized carbons (Fsp3) is 0.333. The lowest BCUT2D eigenvalue weighted by atomic mass is 10.1. The molecule has 1 aliphatic rings. The highest BCUT2D eigenvalue weighted by atomic mass is 35.5. The molecule has 1 fully saturated rings. The summed E-state index contributed by atoms with van der Waals surface area (Å²) in [5.41, 5.74) is 0.970. The van der Waals surface area contributed by atoms with Crippen molar-refractivity contribution in [2.45, 2.75) is 25.9 Å². The molecule has 1 N–H and O–H groups in total. The van der Waals surface area contributed by atoms with Gasteiger partial charge in [0.1, 0.15) is 24.0 Å². The van der Waals surface area contributed by atoms with Gasteiger partial charge in [0.25, 0.3) is 5.91 Å². The molecule has 0 saturated carbocycles. The molecule has 6 nitrogen and oxygen atoms in total. The largest absolute Gasteiger partial charge is 0.487 e. The fourth-order valence-corrected chi connectivity index (χ4v) is 3.12. The number of hydrogen-bond donors (Lipinski definition) is 1. The van der Waals surface area contributed by atoms with Crippen molar-refractivity contribution in [2.75, 3.05) is 13.1 Å². The Bertz CT molecular complexity index is 801. The van der Waals surface area contributed by atoms with Gasteiger partial charge in [0, 0.05) is 18.5 Å². The SMILES string of the molecule is Cc1coc(CC(=O)O)c1C(=O)N1CCC(Oc2ccccc2Cl)C1.